The number of carbonyl (C=O) groups excluding carboxylic acids is 1. The maximum Gasteiger partial charge on any atom is 0.251 e. The minimum Gasteiger partial charge on any atom is -0.388 e. The molecule has 0 atom stereocenters. The normalized spacial score (nSPS) is 16.1. The number of amides is 1. The summed E-state index contributed by atoms with van der Waals surface area (Å²) in [7, 11) is 1.85. The van der Waals surface area contributed by atoms with Gasteiger partial charge in [-0.15, -0.1) is 0 Å². The number of anilines is 1. The first kappa shape index (κ1) is 13.9. The van der Waals surface area contributed by atoms with Crippen LogP contribution >= 0.6 is 0 Å². The Morgan fingerprint density at radius 1 is 1.37 bits per heavy atom. The maximum absolute atomic E-state index is 12.0. The zero-order chi connectivity index (χ0) is 13.5. The first-order valence-corrected chi connectivity index (χ1v) is 6.93. The lowest BCUT2D eigenvalue weighted by molar-refractivity contribution is 0.0636. The SMILES string of the molecule is CNc1cccc(C(=O)NCCC2CCOCC2)c1. The maximum atomic E-state index is 12.0. The van der Waals surface area contributed by atoms with Crippen LogP contribution in [0.1, 0.15) is 29.6 Å². The van der Waals surface area contributed by atoms with E-state index < -0.39 is 0 Å². The summed E-state index contributed by atoms with van der Waals surface area (Å²) in [6.45, 7) is 2.47. The van der Waals surface area contributed by atoms with Crippen molar-refractivity contribution >= 4 is 11.6 Å². The molecular formula is C15H22N2O2. The average Bonchev–Trinajstić information content (AvgIpc) is 2.48. The van der Waals surface area contributed by atoms with Crippen LogP contribution in [0.2, 0.25) is 0 Å². The minimum absolute atomic E-state index is 0.00385. The number of rotatable bonds is 5. The van der Waals surface area contributed by atoms with Gasteiger partial charge in [0.1, 0.15) is 0 Å². The standard InChI is InChI=1S/C15H22N2O2/c1-16-14-4-2-3-13(11-14)15(18)17-8-5-12-6-9-19-10-7-12/h2-4,11-12,16H,5-10H2,1H3,(H,17,18). The molecule has 4 heteroatoms. The fourth-order valence-electron chi connectivity index (χ4n) is 2.34. The van der Waals surface area contributed by atoms with Crippen LogP contribution in [0, 0.1) is 5.92 Å². The Morgan fingerprint density at radius 2 is 2.16 bits per heavy atom. The third-order valence-electron chi connectivity index (χ3n) is 3.59. The van der Waals surface area contributed by atoms with Crippen molar-refractivity contribution in [2.75, 3.05) is 32.1 Å². The summed E-state index contributed by atoms with van der Waals surface area (Å²) in [6.07, 6.45) is 3.27. The molecule has 2 rings (SSSR count). The van der Waals surface area contributed by atoms with E-state index in [0.717, 1.165) is 44.7 Å². The molecule has 2 N–H and O–H groups in total. The van der Waals surface area contributed by atoms with E-state index in [1.807, 2.05) is 31.3 Å². The van der Waals surface area contributed by atoms with E-state index in [9.17, 15) is 4.79 Å². The average molecular weight is 262 g/mol. The van der Waals surface area contributed by atoms with Gasteiger partial charge in [0.25, 0.3) is 5.91 Å². The Bertz CT molecular complexity index is 414. The van der Waals surface area contributed by atoms with Crippen molar-refractivity contribution in [1.29, 1.82) is 0 Å². The van der Waals surface area contributed by atoms with Crippen molar-refractivity contribution in [2.45, 2.75) is 19.3 Å². The molecule has 0 saturated carbocycles. The van der Waals surface area contributed by atoms with Crippen LogP contribution in [0.25, 0.3) is 0 Å². The van der Waals surface area contributed by atoms with Crippen molar-refractivity contribution < 1.29 is 9.53 Å². The van der Waals surface area contributed by atoms with Gasteiger partial charge in [-0.2, -0.15) is 0 Å². The summed E-state index contributed by atoms with van der Waals surface area (Å²) in [6, 6.07) is 7.53. The minimum atomic E-state index is 0.00385. The molecule has 1 heterocycles. The highest BCUT2D eigenvalue weighted by Crippen LogP contribution is 2.17. The van der Waals surface area contributed by atoms with Gasteiger partial charge in [0.05, 0.1) is 0 Å². The summed E-state index contributed by atoms with van der Waals surface area (Å²) < 4.78 is 5.33. The Labute approximate surface area is 114 Å². The molecular weight excluding hydrogens is 240 g/mol. The largest absolute Gasteiger partial charge is 0.388 e. The van der Waals surface area contributed by atoms with Gasteiger partial charge in [-0.25, -0.2) is 0 Å². The second kappa shape index (κ2) is 7.14. The number of nitrogens with one attached hydrogen (secondary N) is 2. The first-order chi connectivity index (χ1) is 9.29. The van der Waals surface area contributed by atoms with E-state index >= 15 is 0 Å². The fourth-order valence-corrected chi connectivity index (χ4v) is 2.34. The monoisotopic (exact) mass is 262 g/mol. The summed E-state index contributed by atoms with van der Waals surface area (Å²) in [5.41, 5.74) is 1.66. The van der Waals surface area contributed by atoms with Gasteiger partial charge in [0.15, 0.2) is 0 Å². The molecule has 0 aliphatic carbocycles. The van der Waals surface area contributed by atoms with Crippen LogP contribution in [0.3, 0.4) is 0 Å². The molecule has 1 aromatic carbocycles. The number of hydrogen-bond acceptors (Lipinski definition) is 3. The predicted octanol–water partition coefficient (Wildman–Crippen LogP) is 2.27. The van der Waals surface area contributed by atoms with Gasteiger partial charge in [-0.05, 0) is 43.4 Å². The van der Waals surface area contributed by atoms with Crippen LogP contribution in [0.15, 0.2) is 24.3 Å². The lowest BCUT2D eigenvalue weighted by atomic mass is 9.97. The zero-order valence-corrected chi connectivity index (χ0v) is 11.4. The van der Waals surface area contributed by atoms with Gasteiger partial charge in [0, 0.05) is 38.1 Å². The zero-order valence-electron chi connectivity index (χ0n) is 11.4. The second-order valence-electron chi connectivity index (χ2n) is 4.93. The Balaban J connectivity index is 1.77. The fraction of sp³-hybridized carbons (Fsp3) is 0.533. The smallest absolute Gasteiger partial charge is 0.251 e. The Hall–Kier alpha value is -1.55. The molecule has 0 aromatic heterocycles. The lowest BCUT2D eigenvalue weighted by Crippen LogP contribution is -2.27. The summed E-state index contributed by atoms with van der Waals surface area (Å²) >= 11 is 0. The van der Waals surface area contributed by atoms with Gasteiger partial charge in [-0.3, -0.25) is 4.79 Å². The molecule has 1 amide bonds. The third kappa shape index (κ3) is 4.24. The van der Waals surface area contributed by atoms with E-state index in [1.54, 1.807) is 0 Å². The van der Waals surface area contributed by atoms with E-state index in [2.05, 4.69) is 10.6 Å². The number of benzene rings is 1. The van der Waals surface area contributed by atoms with Crippen molar-refractivity contribution in [1.82, 2.24) is 5.32 Å². The molecule has 4 nitrogen and oxygen atoms in total. The number of carbonyl (C=O) groups is 1. The molecule has 1 aromatic rings. The van der Waals surface area contributed by atoms with Crippen LogP contribution < -0.4 is 10.6 Å². The quantitative estimate of drug-likeness (QED) is 0.856. The summed E-state index contributed by atoms with van der Waals surface area (Å²) in [4.78, 5) is 12.0. The van der Waals surface area contributed by atoms with E-state index in [0.29, 0.717) is 11.5 Å². The lowest BCUT2D eigenvalue weighted by Gasteiger charge is -2.21. The van der Waals surface area contributed by atoms with Crippen LogP contribution in [0.5, 0.6) is 0 Å². The first-order valence-electron chi connectivity index (χ1n) is 6.93. The molecule has 0 unspecified atom stereocenters. The Kier molecular flexibility index (Phi) is 5.21. The van der Waals surface area contributed by atoms with E-state index in [4.69, 9.17) is 4.74 Å². The van der Waals surface area contributed by atoms with Crippen molar-refractivity contribution in [3.63, 3.8) is 0 Å². The highest BCUT2D eigenvalue weighted by atomic mass is 16.5. The van der Waals surface area contributed by atoms with Crippen LogP contribution in [0.4, 0.5) is 5.69 Å². The second-order valence-corrected chi connectivity index (χ2v) is 4.93. The molecule has 1 saturated heterocycles. The molecule has 1 aliphatic rings. The molecule has 0 spiro atoms. The molecule has 0 bridgehead atoms. The van der Waals surface area contributed by atoms with Gasteiger partial charge < -0.3 is 15.4 Å². The van der Waals surface area contributed by atoms with Crippen molar-refractivity contribution in [2.24, 2.45) is 5.92 Å². The molecule has 104 valence electrons. The van der Waals surface area contributed by atoms with Gasteiger partial charge in [-0.1, -0.05) is 6.07 Å². The highest BCUT2D eigenvalue weighted by molar-refractivity contribution is 5.95. The topological polar surface area (TPSA) is 50.4 Å². The van der Waals surface area contributed by atoms with Crippen LogP contribution in [-0.4, -0.2) is 32.7 Å². The van der Waals surface area contributed by atoms with Crippen molar-refractivity contribution in [3.05, 3.63) is 29.8 Å². The van der Waals surface area contributed by atoms with E-state index in [-0.39, 0.29) is 5.91 Å². The molecule has 1 fully saturated rings. The number of ether oxygens (including phenoxy) is 1. The summed E-state index contributed by atoms with van der Waals surface area (Å²) in [5, 5.41) is 6.03. The summed E-state index contributed by atoms with van der Waals surface area (Å²) in [5.74, 6) is 0.696. The molecule has 19 heavy (non-hydrogen) atoms. The van der Waals surface area contributed by atoms with Crippen molar-refractivity contribution in [3.8, 4) is 0 Å². The van der Waals surface area contributed by atoms with Gasteiger partial charge >= 0.3 is 0 Å². The van der Waals surface area contributed by atoms with Gasteiger partial charge in [0.2, 0.25) is 0 Å². The third-order valence-corrected chi connectivity index (χ3v) is 3.59. The molecule has 0 radical (unpaired) electrons. The predicted molar refractivity (Wildman–Crippen MR) is 76.5 cm³/mol. The van der Waals surface area contributed by atoms with Crippen LogP contribution in [-0.2, 0) is 4.74 Å². The molecule has 1 aliphatic heterocycles. The highest BCUT2D eigenvalue weighted by Gasteiger charge is 2.14. The Morgan fingerprint density at radius 3 is 2.89 bits per heavy atom. The van der Waals surface area contributed by atoms with E-state index in [1.165, 1.54) is 0 Å². The number of hydrogen-bond donors (Lipinski definition) is 2.